The van der Waals surface area contributed by atoms with Crippen LogP contribution in [0.2, 0.25) is 0 Å². The average molecular weight is 359 g/mol. The van der Waals surface area contributed by atoms with Crippen LogP contribution in [0.5, 0.6) is 0 Å². The van der Waals surface area contributed by atoms with E-state index in [0.717, 1.165) is 4.48 Å². The summed E-state index contributed by atoms with van der Waals surface area (Å²) in [7, 11) is 0. The fourth-order valence-electron chi connectivity index (χ4n) is 3.15. The lowest BCUT2D eigenvalue weighted by Crippen LogP contribution is -2.26. The maximum atomic E-state index is 3.59. The Morgan fingerprint density at radius 3 is 2.22 bits per heavy atom. The van der Waals surface area contributed by atoms with E-state index in [1.54, 1.807) is 0 Å². The first-order valence-electron chi connectivity index (χ1n) is 7.67. The van der Waals surface area contributed by atoms with Crippen molar-refractivity contribution in [1.29, 1.82) is 0 Å². The first-order valence-corrected chi connectivity index (χ1v) is 8.46. The fraction of sp³-hybridized carbons (Fsp3) is 0. The van der Waals surface area contributed by atoms with Crippen molar-refractivity contribution in [3.05, 3.63) is 105 Å². The molecule has 0 saturated carbocycles. The summed E-state index contributed by atoms with van der Waals surface area (Å²) >= 11 is 3.59. The molecule has 0 fully saturated rings. The van der Waals surface area contributed by atoms with Crippen LogP contribution in [0.4, 0.5) is 0 Å². The standard InChI is InChI=1S/C22H15Br/c23-17-9-3-1-2-4-12-20-18-10-5-6-11-19(18)21-13-7-8-16(14-15-17)22(20)21/h1-15H/b2-1-,3-1?,4-2?,9-3-,12-4-,15-14?,16-14+,17-9?,17-15-,20-12?. The largest absolute Gasteiger partial charge is 0.0622 e. The Balaban J connectivity index is 2.13. The molecule has 0 saturated heterocycles. The Morgan fingerprint density at radius 2 is 1.35 bits per heavy atom. The van der Waals surface area contributed by atoms with Gasteiger partial charge in [-0.2, -0.15) is 0 Å². The molecular weight excluding hydrogens is 344 g/mol. The summed E-state index contributed by atoms with van der Waals surface area (Å²) in [5.74, 6) is 0. The molecule has 0 atom stereocenters. The highest BCUT2D eigenvalue weighted by Crippen LogP contribution is 2.31. The van der Waals surface area contributed by atoms with Gasteiger partial charge in [-0.1, -0.05) is 94.9 Å². The maximum Gasteiger partial charge on any atom is 0.0175 e. The number of allylic oxidation sites excluding steroid dienone is 8. The van der Waals surface area contributed by atoms with Crippen molar-refractivity contribution in [2.45, 2.75) is 0 Å². The van der Waals surface area contributed by atoms with Crippen molar-refractivity contribution in [3.8, 4) is 11.1 Å². The number of benzene rings is 2. The van der Waals surface area contributed by atoms with E-state index in [2.05, 4.69) is 88.8 Å². The second-order valence-corrected chi connectivity index (χ2v) is 6.47. The molecule has 23 heavy (non-hydrogen) atoms. The molecule has 4 rings (SSSR count). The maximum absolute atomic E-state index is 3.59. The van der Waals surface area contributed by atoms with Gasteiger partial charge >= 0.3 is 0 Å². The van der Waals surface area contributed by atoms with E-state index in [1.807, 2.05) is 18.2 Å². The highest BCUT2D eigenvalue weighted by atomic mass is 79.9. The quantitative estimate of drug-likeness (QED) is 0.645. The summed E-state index contributed by atoms with van der Waals surface area (Å²) in [5.41, 5.74) is 5.23. The molecular formula is C22H15Br. The number of halogens is 1. The second-order valence-electron chi connectivity index (χ2n) is 5.55. The summed E-state index contributed by atoms with van der Waals surface area (Å²) in [6.45, 7) is 0. The summed E-state index contributed by atoms with van der Waals surface area (Å²) < 4.78 is 1.06. The second kappa shape index (κ2) is 6.02. The summed E-state index contributed by atoms with van der Waals surface area (Å²) in [6.07, 6.45) is 16.8. The van der Waals surface area contributed by atoms with Gasteiger partial charge in [-0.05, 0) is 44.9 Å². The molecule has 0 aromatic heterocycles. The Morgan fingerprint density at radius 1 is 0.609 bits per heavy atom. The smallest absolute Gasteiger partial charge is 0.0175 e. The summed E-state index contributed by atoms with van der Waals surface area (Å²) in [5, 5.41) is 2.56. The van der Waals surface area contributed by atoms with Gasteiger partial charge in [0.2, 0.25) is 0 Å². The number of rotatable bonds is 0. The van der Waals surface area contributed by atoms with E-state index in [-0.39, 0.29) is 0 Å². The van der Waals surface area contributed by atoms with Crippen molar-refractivity contribution in [3.63, 3.8) is 0 Å². The predicted octanol–water partition coefficient (Wildman–Crippen LogP) is 4.61. The molecule has 0 aliphatic heterocycles. The van der Waals surface area contributed by atoms with Gasteiger partial charge in [-0.3, -0.25) is 0 Å². The minimum absolute atomic E-state index is 1.06. The van der Waals surface area contributed by atoms with Crippen molar-refractivity contribution in [1.82, 2.24) is 0 Å². The monoisotopic (exact) mass is 358 g/mol. The molecule has 1 heteroatoms. The van der Waals surface area contributed by atoms with Crippen LogP contribution in [0.15, 0.2) is 89.5 Å². The molecule has 110 valence electrons. The van der Waals surface area contributed by atoms with E-state index < -0.39 is 0 Å². The molecule has 0 amide bonds. The third-order valence-electron chi connectivity index (χ3n) is 4.15. The van der Waals surface area contributed by atoms with Gasteiger partial charge in [0.15, 0.2) is 0 Å². The normalized spacial score (nSPS) is 23.1. The Hall–Kier alpha value is -2.38. The van der Waals surface area contributed by atoms with Crippen LogP contribution >= 0.6 is 15.9 Å². The van der Waals surface area contributed by atoms with Gasteiger partial charge in [-0.25, -0.2) is 0 Å². The zero-order valence-electron chi connectivity index (χ0n) is 12.5. The van der Waals surface area contributed by atoms with Crippen LogP contribution in [0.1, 0.15) is 5.56 Å². The zero-order valence-corrected chi connectivity index (χ0v) is 14.1. The first kappa shape index (κ1) is 14.2. The van der Waals surface area contributed by atoms with Gasteiger partial charge in [0.1, 0.15) is 0 Å². The number of hydrogen-bond donors (Lipinski definition) is 0. The first-order chi connectivity index (χ1) is 11.3. The molecule has 0 N–H and O–H groups in total. The molecule has 0 nitrogen and oxygen atoms in total. The predicted molar refractivity (Wildman–Crippen MR) is 103 cm³/mol. The minimum Gasteiger partial charge on any atom is -0.0622 e. The van der Waals surface area contributed by atoms with Gasteiger partial charge in [-0.15, -0.1) is 0 Å². The lowest BCUT2D eigenvalue weighted by Gasteiger charge is -2.01. The molecule has 0 unspecified atom stereocenters. The number of fused-ring (bicyclic) bond motifs is 3. The van der Waals surface area contributed by atoms with E-state index in [1.165, 1.54) is 32.7 Å². The highest BCUT2D eigenvalue weighted by Gasteiger charge is 2.17. The Kier molecular flexibility index (Phi) is 3.72. The molecule has 2 aromatic carbocycles. The Labute approximate surface area is 144 Å². The van der Waals surface area contributed by atoms with E-state index in [9.17, 15) is 0 Å². The van der Waals surface area contributed by atoms with Crippen LogP contribution in [0.3, 0.4) is 0 Å². The highest BCUT2D eigenvalue weighted by molar-refractivity contribution is 9.11. The Bertz CT molecular complexity index is 1010. The molecule has 0 bridgehead atoms. The van der Waals surface area contributed by atoms with Gasteiger partial charge < -0.3 is 0 Å². The van der Waals surface area contributed by atoms with Crippen LogP contribution < -0.4 is 10.4 Å². The summed E-state index contributed by atoms with van der Waals surface area (Å²) in [6, 6.07) is 15.2. The third kappa shape index (κ3) is 2.58. The fourth-order valence-corrected chi connectivity index (χ4v) is 3.43. The van der Waals surface area contributed by atoms with Gasteiger partial charge in [0.05, 0.1) is 0 Å². The molecule has 0 heterocycles. The van der Waals surface area contributed by atoms with Crippen LogP contribution in [0.25, 0.3) is 22.8 Å². The minimum atomic E-state index is 1.06. The van der Waals surface area contributed by atoms with E-state index in [4.69, 9.17) is 0 Å². The van der Waals surface area contributed by atoms with Crippen molar-refractivity contribution >= 4 is 27.6 Å². The molecule has 0 spiro atoms. The zero-order chi connectivity index (χ0) is 15.6. The van der Waals surface area contributed by atoms with Crippen molar-refractivity contribution < 1.29 is 0 Å². The van der Waals surface area contributed by atoms with Gasteiger partial charge in [0, 0.05) is 4.48 Å². The van der Waals surface area contributed by atoms with E-state index in [0.29, 0.717) is 0 Å². The molecule has 2 aliphatic rings. The molecule has 2 aliphatic carbocycles. The third-order valence-corrected chi connectivity index (χ3v) is 4.68. The van der Waals surface area contributed by atoms with Gasteiger partial charge in [0.25, 0.3) is 0 Å². The average Bonchev–Trinajstić information content (AvgIpc) is 2.90. The summed E-state index contributed by atoms with van der Waals surface area (Å²) in [4.78, 5) is 0. The van der Waals surface area contributed by atoms with Crippen molar-refractivity contribution in [2.75, 3.05) is 0 Å². The van der Waals surface area contributed by atoms with Crippen molar-refractivity contribution in [2.24, 2.45) is 0 Å². The molecule has 2 aromatic rings. The molecule has 0 radical (unpaired) electrons. The van der Waals surface area contributed by atoms with Crippen LogP contribution in [0, 0.1) is 0 Å². The van der Waals surface area contributed by atoms with Crippen LogP contribution in [-0.2, 0) is 0 Å². The SMILES string of the molecule is BrC1=C/C=c2\cccc3c2=C(\C=C/C=C\C=C/1)c1ccccc1-3. The lowest BCUT2D eigenvalue weighted by atomic mass is 10.0. The lowest BCUT2D eigenvalue weighted by molar-refractivity contribution is 1.52. The van der Waals surface area contributed by atoms with E-state index >= 15 is 0 Å². The number of hydrogen-bond acceptors (Lipinski definition) is 0. The van der Waals surface area contributed by atoms with Crippen LogP contribution in [-0.4, -0.2) is 0 Å². The topological polar surface area (TPSA) is 0 Å².